The van der Waals surface area contributed by atoms with Gasteiger partial charge in [0.15, 0.2) is 5.78 Å². The van der Waals surface area contributed by atoms with E-state index in [9.17, 15) is 29.7 Å². The number of nitrogens with one attached hydrogen (secondary N) is 2. The van der Waals surface area contributed by atoms with Gasteiger partial charge in [-0.2, -0.15) is 0 Å². The number of hydrogen-bond acceptors (Lipinski definition) is 6. The average molecular weight is 513 g/mol. The highest BCUT2D eigenvalue weighted by Crippen LogP contribution is 2.63. The highest BCUT2D eigenvalue weighted by Gasteiger charge is 2.61. The minimum Gasteiger partial charge on any atom is -0.507 e. The summed E-state index contributed by atoms with van der Waals surface area (Å²) in [6, 6.07) is -0.704. The van der Waals surface area contributed by atoms with Crippen LogP contribution in [0.5, 0.6) is 0 Å². The van der Waals surface area contributed by atoms with Gasteiger partial charge in [-0.05, 0) is 98.5 Å². The van der Waals surface area contributed by atoms with Crippen LogP contribution in [-0.4, -0.2) is 57.2 Å². The third-order valence-corrected chi connectivity index (χ3v) is 10.3. The van der Waals surface area contributed by atoms with Crippen molar-refractivity contribution in [3.63, 3.8) is 0 Å². The summed E-state index contributed by atoms with van der Waals surface area (Å²) in [5.74, 6) is -0.445. The zero-order valence-corrected chi connectivity index (χ0v) is 21.7. The molecule has 5 N–H and O–H groups in total. The number of fused-ring (bicyclic) bond motifs is 7. The van der Waals surface area contributed by atoms with Crippen molar-refractivity contribution < 1.29 is 29.7 Å². The molecule has 0 aromatic carbocycles. The van der Waals surface area contributed by atoms with E-state index in [1.165, 1.54) is 6.08 Å². The molecule has 1 saturated heterocycles. The highest BCUT2D eigenvalue weighted by atomic mass is 16.3. The number of carbonyl (C=O) groups excluding carboxylic acids is 3. The van der Waals surface area contributed by atoms with Crippen LogP contribution in [0.3, 0.4) is 0 Å². The average Bonchev–Trinajstić information content (AvgIpc) is 3.45. The smallest absolute Gasteiger partial charge is 0.259 e. The van der Waals surface area contributed by atoms with Crippen molar-refractivity contribution in [3.8, 4) is 0 Å². The van der Waals surface area contributed by atoms with Gasteiger partial charge in [0.05, 0.1) is 17.7 Å². The van der Waals surface area contributed by atoms with Gasteiger partial charge >= 0.3 is 0 Å². The molecule has 2 bridgehead atoms. The fraction of sp³-hybridized carbons (Fsp3) is 0.690. The number of hydrogen-bond donors (Lipinski definition) is 5. The van der Waals surface area contributed by atoms with Crippen molar-refractivity contribution in [2.75, 3.05) is 6.54 Å². The first kappa shape index (κ1) is 26.2. The minimum atomic E-state index is -0.704. The van der Waals surface area contributed by atoms with Gasteiger partial charge in [-0.3, -0.25) is 14.4 Å². The van der Waals surface area contributed by atoms with Crippen LogP contribution in [0.25, 0.3) is 0 Å². The molecule has 1 unspecified atom stereocenters. The SMILES string of the molecule is CC[C@]1(O)C[C@H]2C[C@H]3[C@@H]4CC=CC(=O)NCCC[C@@H]5NC(=O)C(=C(O)/C=C/[C@H]4C[C@@H](O)[C@@H]3C2[C@@H]1C)C5=O. The van der Waals surface area contributed by atoms with Gasteiger partial charge in [0.1, 0.15) is 11.3 Å². The maximum Gasteiger partial charge on any atom is 0.259 e. The highest BCUT2D eigenvalue weighted by molar-refractivity contribution is 6.27. The van der Waals surface area contributed by atoms with Crippen LogP contribution in [-0.2, 0) is 14.4 Å². The molecule has 5 rings (SSSR count). The number of Topliss-reactive ketones (excluding diaryl/α,β-unsaturated/α-hetero) is 1. The zero-order valence-electron chi connectivity index (χ0n) is 21.7. The second-order valence-corrected chi connectivity index (χ2v) is 12.0. The van der Waals surface area contributed by atoms with Crippen LogP contribution in [0.4, 0.5) is 0 Å². The fourth-order valence-corrected chi connectivity index (χ4v) is 8.43. The quantitative estimate of drug-likeness (QED) is 0.342. The summed E-state index contributed by atoms with van der Waals surface area (Å²) in [7, 11) is 0. The van der Waals surface area contributed by atoms with E-state index < -0.39 is 29.4 Å². The van der Waals surface area contributed by atoms with E-state index in [2.05, 4.69) is 17.6 Å². The number of allylic oxidation sites excluding steroid dienone is 3. The van der Waals surface area contributed by atoms with E-state index in [0.717, 1.165) is 12.8 Å². The molecule has 8 heteroatoms. The molecule has 202 valence electrons. The van der Waals surface area contributed by atoms with Gasteiger partial charge in [-0.25, -0.2) is 0 Å². The number of amides is 2. The van der Waals surface area contributed by atoms with Crippen molar-refractivity contribution in [1.29, 1.82) is 0 Å². The lowest BCUT2D eigenvalue weighted by Crippen LogP contribution is -2.45. The van der Waals surface area contributed by atoms with E-state index >= 15 is 0 Å². The molecule has 0 aromatic heterocycles. The Balaban J connectivity index is 1.47. The Bertz CT molecular complexity index is 1050. The number of rotatable bonds is 1. The molecule has 2 heterocycles. The molecule has 8 nitrogen and oxygen atoms in total. The van der Waals surface area contributed by atoms with Crippen molar-refractivity contribution in [3.05, 3.63) is 35.6 Å². The summed E-state index contributed by atoms with van der Waals surface area (Å²) in [6.45, 7) is 4.54. The molecule has 5 aliphatic rings. The first-order chi connectivity index (χ1) is 17.6. The maximum absolute atomic E-state index is 12.8. The van der Waals surface area contributed by atoms with Gasteiger partial charge in [-0.15, -0.1) is 0 Å². The van der Waals surface area contributed by atoms with Crippen LogP contribution >= 0.6 is 0 Å². The van der Waals surface area contributed by atoms with Crippen LogP contribution in [0.15, 0.2) is 35.6 Å². The number of aliphatic hydroxyl groups excluding tert-OH is 2. The largest absolute Gasteiger partial charge is 0.507 e. The molecule has 37 heavy (non-hydrogen) atoms. The van der Waals surface area contributed by atoms with Crippen LogP contribution in [0, 0.1) is 41.4 Å². The van der Waals surface area contributed by atoms with E-state index in [4.69, 9.17) is 0 Å². The molecule has 2 aliphatic heterocycles. The first-order valence-corrected chi connectivity index (χ1v) is 14.0. The number of carbonyl (C=O) groups is 3. The van der Waals surface area contributed by atoms with Crippen molar-refractivity contribution in [2.24, 2.45) is 41.4 Å². The van der Waals surface area contributed by atoms with Crippen molar-refractivity contribution in [2.45, 2.75) is 76.5 Å². The van der Waals surface area contributed by atoms with Gasteiger partial charge in [0, 0.05) is 6.54 Å². The Labute approximate surface area is 218 Å². The van der Waals surface area contributed by atoms with Gasteiger partial charge in [-0.1, -0.05) is 26.0 Å². The van der Waals surface area contributed by atoms with Crippen LogP contribution in [0.2, 0.25) is 0 Å². The molecule has 0 spiro atoms. The summed E-state index contributed by atoms with van der Waals surface area (Å²) in [5, 5.41) is 38.8. The van der Waals surface area contributed by atoms with Gasteiger partial charge in [0.25, 0.3) is 5.91 Å². The standard InChI is InChI=1S/C29H40N2O6/c1-3-29(37)14-17-12-19-18-6-4-8-23(34)30-11-5-7-20-27(35)26(28(36)31-20)21(32)10-9-16(18)13-22(33)25(19)24(17)15(29)2/h4,8-10,15-20,22,24-25,32-33,37H,3,5-7,11-14H2,1-2H3,(H,30,34)(H,31,36)/b8-4?,10-9+,26-21?/t15-,16-,17+,18+,19-,20-,22+,24?,25+,29-/m0/s1. The Morgan fingerprint density at radius 3 is 2.65 bits per heavy atom. The molecular weight excluding hydrogens is 472 g/mol. The lowest BCUT2D eigenvalue weighted by molar-refractivity contribution is -0.118. The first-order valence-electron chi connectivity index (χ1n) is 14.0. The molecule has 0 aromatic rings. The summed E-state index contributed by atoms with van der Waals surface area (Å²) in [4.78, 5) is 37.6. The second kappa shape index (κ2) is 10.0. The lowest BCUT2D eigenvalue weighted by Gasteiger charge is -2.45. The third-order valence-electron chi connectivity index (χ3n) is 10.3. The maximum atomic E-state index is 12.8. The summed E-state index contributed by atoms with van der Waals surface area (Å²) < 4.78 is 0. The second-order valence-electron chi connectivity index (χ2n) is 12.0. The van der Waals surface area contributed by atoms with E-state index in [1.807, 2.05) is 19.1 Å². The molecule has 0 radical (unpaired) electrons. The molecule has 3 aliphatic carbocycles. The predicted octanol–water partition coefficient (Wildman–Crippen LogP) is 2.32. The van der Waals surface area contributed by atoms with E-state index in [0.29, 0.717) is 44.6 Å². The van der Waals surface area contributed by atoms with Crippen LogP contribution in [0.1, 0.15) is 58.8 Å². The topological polar surface area (TPSA) is 136 Å². The normalized spacial score (nSPS) is 45.2. The zero-order chi connectivity index (χ0) is 26.5. The van der Waals surface area contributed by atoms with Crippen LogP contribution < -0.4 is 10.6 Å². The van der Waals surface area contributed by atoms with Gasteiger partial charge < -0.3 is 26.0 Å². The van der Waals surface area contributed by atoms with Gasteiger partial charge in [0.2, 0.25) is 5.91 Å². The summed E-state index contributed by atoms with van der Waals surface area (Å²) in [6.07, 6.45) is 10.7. The molecular formula is C29H40N2O6. The number of aliphatic hydroxyl groups is 3. The Morgan fingerprint density at radius 1 is 1.11 bits per heavy atom. The Hall–Kier alpha value is -2.45. The summed E-state index contributed by atoms with van der Waals surface area (Å²) >= 11 is 0. The van der Waals surface area contributed by atoms with E-state index in [1.54, 1.807) is 6.08 Å². The summed E-state index contributed by atoms with van der Waals surface area (Å²) in [5.41, 5.74) is -0.898. The minimum absolute atomic E-state index is 0.0814. The van der Waals surface area contributed by atoms with Crippen molar-refractivity contribution in [1.82, 2.24) is 10.6 Å². The predicted molar refractivity (Wildman–Crippen MR) is 137 cm³/mol. The Kier molecular flexibility index (Phi) is 7.09. The molecule has 10 atom stereocenters. The van der Waals surface area contributed by atoms with Crippen molar-refractivity contribution >= 4 is 17.6 Å². The molecule has 2 amide bonds. The molecule has 4 fully saturated rings. The van der Waals surface area contributed by atoms with E-state index in [-0.39, 0.29) is 52.7 Å². The third kappa shape index (κ3) is 4.56. The lowest BCUT2D eigenvalue weighted by atomic mass is 9.62. The molecule has 3 saturated carbocycles. The monoisotopic (exact) mass is 512 g/mol. The fourth-order valence-electron chi connectivity index (χ4n) is 8.43. The Morgan fingerprint density at radius 2 is 1.89 bits per heavy atom. The number of ketones is 1.